The van der Waals surface area contributed by atoms with E-state index in [0.717, 1.165) is 17.7 Å². The maximum Gasteiger partial charge on any atom is 0.348 e. The van der Waals surface area contributed by atoms with E-state index in [1.165, 1.54) is 4.90 Å². The van der Waals surface area contributed by atoms with Crippen LogP contribution in [-0.4, -0.2) is 38.8 Å². The monoisotopic (exact) mass is 391 g/mol. The minimum atomic E-state index is -1.25. The topological polar surface area (TPSA) is 40.0 Å². The van der Waals surface area contributed by atoms with Crippen molar-refractivity contribution in [3.05, 3.63) is 71.8 Å². The molecule has 27 heavy (non-hydrogen) atoms. The second-order valence-electron chi connectivity index (χ2n) is 6.73. The summed E-state index contributed by atoms with van der Waals surface area (Å²) in [5.41, 5.74) is 0.313. The van der Waals surface area contributed by atoms with Gasteiger partial charge in [0, 0.05) is 6.61 Å². The van der Waals surface area contributed by atoms with Gasteiger partial charge in [-0.15, -0.1) is 0 Å². The van der Waals surface area contributed by atoms with Crippen LogP contribution in [0.4, 0.5) is 0 Å². The number of hydrogen-bond acceptors (Lipinski definition) is 3. The van der Waals surface area contributed by atoms with Crippen molar-refractivity contribution >= 4 is 5.97 Å². The first-order chi connectivity index (χ1) is 12.5. The van der Waals surface area contributed by atoms with E-state index in [4.69, 9.17) is 9.47 Å². The maximum atomic E-state index is 13.3. The van der Waals surface area contributed by atoms with Crippen LogP contribution in [0.25, 0.3) is 0 Å². The minimum Gasteiger partial charge on any atom is -1.00 e. The van der Waals surface area contributed by atoms with Gasteiger partial charge >= 0.3 is 5.97 Å². The van der Waals surface area contributed by atoms with Crippen molar-refractivity contribution in [1.82, 2.24) is 0 Å². The molecule has 1 N–H and O–H groups in total. The number of halogens is 1. The number of carbonyl (C=O) groups is 1. The van der Waals surface area contributed by atoms with Crippen LogP contribution < -0.4 is 17.3 Å². The molecule has 2 aromatic rings. The predicted molar refractivity (Wildman–Crippen MR) is 103 cm³/mol. The first-order valence-corrected chi connectivity index (χ1v) is 9.27. The molecule has 2 rings (SSSR count). The zero-order valence-electron chi connectivity index (χ0n) is 16.6. The van der Waals surface area contributed by atoms with Crippen LogP contribution in [0.3, 0.4) is 0 Å². The Labute approximate surface area is 168 Å². The van der Waals surface area contributed by atoms with Gasteiger partial charge in [-0.3, -0.25) is 0 Å². The van der Waals surface area contributed by atoms with Gasteiger partial charge < -0.3 is 26.8 Å². The number of carbonyl (C=O) groups excluding carboxylic acids is 1. The van der Waals surface area contributed by atoms with Crippen molar-refractivity contribution in [2.75, 3.05) is 26.8 Å². The number of benzene rings is 2. The van der Waals surface area contributed by atoms with E-state index in [1.54, 1.807) is 0 Å². The molecule has 0 bridgehead atoms. The van der Waals surface area contributed by atoms with E-state index in [1.807, 2.05) is 67.6 Å². The Morgan fingerprint density at radius 1 is 1.00 bits per heavy atom. The maximum absolute atomic E-state index is 13.3. The third-order valence-corrected chi connectivity index (χ3v) is 4.72. The average molecular weight is 392 g/mol. The second-order valence-corrected chi connectivity index (χ2v) is 6.73. The summed E-state index contributed by atoms with van der Waals surface area (Å²) in [6.07, 6.45) is 0. The molecular weight excluding hydrogens is 362 g/mol. The molecule has 0 aliphatic heterocycles. The van der Waals surface area contributed by atoms with E-state index in [0.29, 0.717) is 19.3 Å². The summed E-state index contributed by atoms with van der Waals surface area (Å²) in [7, 11) is 2.10. The molecule has 0 radical (unpaired) electrons. The molecular formula is C22H30ClNO3. The van der Waals surface area contributed by atoms with Crippen LogP contribution in [0.2, 0.25) is 0 Å². The zero-order chi connectivity index (χ0) is 19.0. The van der Waals surface area contributed by atoms with Crippen LogP contribution in [0.1, 0.15) is 31.9 Å². The molecule has 0 saturated heterocycles. The number of likely N-dealkylation sites (N-methyl/N-ethyl adjacent to an activating group) is 1. The Kier molecular flexibility index (Phi) is 9.50. The number of quaternary nitrogens is 1. The molecule has 0 aromatic heterocycles. The lowest BCUT2D eigenvalue weighted by Crippen LogP contribution is -3.12. The van der Waals surface area contributed by atoms with Crippen molar-refractivity contribution in [3.8, 4) is 0 Å². The van der Waals surface area contributed by atoms with E-state index in [-0.39, 0.29) is 18.4 Å². The lowest BCUT2D eigenvalue weighted by molar-refractivity contribution is -0.901. The van der Waals surface area contributed by atoms with Crippen molar-refractivity contribution in [2.24, 2.45) is 0 Å². The fourth-order valence-corrected chi connectivity index (χ4v) is 2.89. The SMILES string of the molecule is CCOC(C(=O)OCC[NH+](C)C(C)C)(c1ccccc1)c1ccccc1.[Cl-]. The Morgan fingerprint density at radius 2 is 1.48 bits per heavy atom. The Morgan fingerprint density at radius 3 is 1.89 bits per heavy atom. The van der Waals surface area contributed by atoms with Gasteiger partial charge in [-0.05, 0) is 31.9 Å². The lowest BCUT2D eigenvalue weighted by atomic mass is 9.86. The van der Waals surface area contributed by atoms with Gasteiger partial charge in [0.2, 0.25) is 5.60 Å². The van der Waals surface area contributed by atoms with Crippen LogP contribution in [0.15, 0.2) is 60.7 Å². The van der Waals surface area contributed by atoms with Gasteiger partial charge in [0.15, 0.2) is 0 Å². The number of esters is 1. The normalized spacial score (nSPS) is 12.3. The highest BCUT2D eigenvalue weighted by atomic mass is 35.5. The fourth-order valence-electron chi connectivity index (χ4n) is 2.89. The van der Waals surface area contributed by atoms with Crippen LogP contribution in [0.5, 0.6) is 0 Å². The summed E-state index contributed by atoms with van der Waals surface area (Å²) in [5, 5.41) is 0. The number of ether oxygens (including phenoxy) is 2. The largest absolute Gasteiger partial charge is 1.00 e. The number of rotatable bonds is 9. The summed E-state index contributed by atoms with van der Waals surface area (Å²) >= 11 is 0. The summed E-state index contributed by atoms with van der Waals surface area (Å²) in [5.74, 6) is -0.367. The van der Waals surface area contributed by atoms with E-state index >= 15 is 0 Å². The summed E-state index contributed by atoms with van der Waals surface area (Å²) in [6, 6.07) is 19.6. The third-order valence-electron chi connectivity index (χ3n) is 4.72. The van der Waals surface area contributed by atoms with Crippen molar-refractivity contribution in [1.29, 1.82) is 0 Å². The zero-order valence-corrected chi connectivity index (χ0v) is 17.3. The Bertz CT molecular complexity index is 637. The van der Waals surface area contributed by atoms with Crippen molar-refractivity contribution in [3.63, 3.8) is 0 Å². The van der Waals surface area contributed by atoms with Gasteiger partial charge in [0.25, 0.3) is 0 Å². The molecule has 0 spiro atoms. The highest BCUT2D eigenvalue weighted by Crippen LogP contribution is 2.35. The summed E-state index contributed by atoms with van der Waals surface area (Å²) in [4.78, 5) is 14.6. The molecule has 0 heterocycles. The first kappa shape index (κ1) is 23.2. The average Bonchev–Trinajstić information content (AvgIpc) is 2.67. The number of hydrogen-bond donors (Lipinski definition) is 1. The van der Waals surface area contributed by atoms with E-state index in [2.05, 4.69) is 20.9 Å². The molecule has 148 valence electrons. The molecule has 0 aliphatic rings. The summed E-state index contributed by atoms with van der Waals surface area (Å²) < 4.78 is 11.8. The minimum absolute atomic E-state index is 0. The second kappa shape index (κ2) is 11.1. The van der Waals surface area contributed by atoms with Gasteiger partial charge in [0.1, 0.15) is 13.2 Å². The van der Waals surface area contributed by atoms with E-state index < -0.39 is 5.60 Å². The fraction of sp³-hybridized carbons (Fsp3) is 0.409. The molecule has 0 fully saturated rings. The Hall–Kier alpha value is -1.88. The molecule has 5 heteroatoms. The molecule has 4 nitrogen and oxygen atoms in total. The van der Waals surface area contributed by atoms with Gasteiger partial charge in [-0.1, -0.05) is 60.7 Å². The predicted octanol–water partition coefficient (Wildman–Crippen LogP) is -0.563. The van der Waals surface area contributed by atoms with Crippen LogP contribution >= 0.6 is 0 Å². The smallest absolute Gasteiger partial charge is 0.348 e. The lowest BCUT2D eigenvalue weighted by Gasteiger charge is -2.32. The molecule has 0 saturated carbocycles. The van der Waals surface area contributed by atoms with Crippen LogP contribution in [-0.2, 0) is 19.9 Å². The molecule has 2 aromatic carbocycles. The van der Waals surface area contributed by atoms with E-state index in [9.17, 15) is 4.79 Å². The molecule has 1 atom stereocenters. The van der Waals surface area contributed by atoms with Gasteiger partial charge in [-0.2, -0.15) is 0 Å². The third kappa shape index (κ3) is 5.55. The van der Waals surface area contributed by atoms with Crippen molar-refractivity contribution < 1.29 is 31.6 Å². The quantitative estimate of drug-likeness (QED) is 0.582. The first-order valence-electron chi connectivity index (χ1n) is 9.27. The highest BCUT2D eigenvalue weighted by Gasteiger charge is 2.44. The number of nitrogens with one attached hydrogen (secondary N) is 1. The molecule has 1 unspecified atom stereocenters. The standard InChI is InChI=1S/C22H29NO3.ClH/c1-5-26-22(19-12-8-6-9-13-19,20-14-10-7-11-15-20)21(24)25-17-16-23(4)18(2)3;/h6-15,18H,5,16-17H2,1-4H3;1H. The van der Waals surface area contributed by atoms with Crippen LogP contribution in [0, 0.1) is 0 Å². The molecule has 0 amide bonds. The summed E-state index contributed by atoms with van der Waals surface area (Å²) in [6.45, 7) is 7.71. The van der Waals surface area contributed by atoms with Gasteiger partial charge in [-0.25, -0.2) is 4.79 Å². The van der Waals surface area contributed by atoms with Crippen molar-refractivity contribution in [2.45, 2.75) is 32.4 Å². The molecule has 0 aliphatic carbocycles. The highest BCUT2D eigenvalue weighted by molar-refractivity contribution is 5.85. The van der Waals surface area contributed by atoms with Gasteiger partial charge in [0.05, 0.1) is 13.1 Å². The Balaban J connectivity index is 0.00000364.